The molecule has 7 nitrogen and oxygen atoms in total. The van der Waals surface area contributed by atoms with Gasteiger partial charge < -0.3 is 10.3 Å². The van der Waals surface area contributed by atoms with E-state index in [4.69, 9.17) is 0 Å². The number of sulfonamides is 1. The van der Waals surface area contributed by atoms with E-state index < -0.39 is 10.0 Å². The molecule has 8 heteroatoms. The molecule has 0 radical (unpaired) electrons. The van der Waals surface area contributed by atoms with Crippen molar-refractivity contribution in [3.05, 3.63) is 59.4 Å². The van der Waals surface area contributed by atoms with E-state index in [2.05, 4.69) is 15.3 Å². The molecule has 1 fully saturated rings. The molecule has 2 aromatic carbocycles. The van der Waals surface area contributed by atoms with Crippen LogP contribution in [0.1, 0.15) is 42.8 Å². The minimum atomic E-state index is -3.55. The maximum atomic E-state index is 13.1. The average Bonchev–Trinajstić information content (AvgIpc) is 3.18. The van der Waals surface area contributed by atoms with E-state index in [1.54, 1.807) is 6.07 Å². The molecule has 3 aromatic rings. The molecule has 1 amide bonds. The molecule has 31 heavy (non-hydrogen) atoms. The Hall–Kier alpha value is -2.71. The number of hydrogen-bond donors (Lipinski definition) is 2. The van der Waals surface area contributed by atoms with Crippen molar-refractivity contribution in [3.8, 4) is 0 Å². The smallest absolute Gasteiger partial charge is 0.243 e. The van der Waals surface area contributed by atoms with Crippen LogP contribution in [-0.2, 0) is 14.8 Å². The molecule has 1 atom stereocenters. The van der Waals surface area contributed by atoms with E-state index in [-0.39, 0.29) is 17.9 Å². The maximum Gasteiger partial charge on any atom is 0.243 e. The van der Waals surface area contributed by atoms with Gasteiger partial charge in [-0.15, -0.1) is 0 Å². The Kier molecular flexibility index (Phi) is 5.85. The van der Waals surface area contributed by atoms with Gasteiger partial charge in [-0.2, -0.15) is 4.31 Å². The lowest BCUT2D eigenvalue weighted by Gasteiger charge is -2.31. The van der Waals surface area contributed by atoms with Gasteiger partial charge in [0.1, 0.15) is 5.82 Å². The first-order chi connectivity index (χ1) is 14.8. The number of aromatic amines is 1. The number of imidazole rings is 1. The molecule has 4 rings (SSSR count). The monoisotopic (exact) mass is 440 g/mol. The van der Waals surface area contributed by atoms with Crippen molar-refractivity contribution in [2.75, 3.05) is 13.1 Å². The van der Waals surface area contributed by atoms with E-state index in [1.807, 2.05) is 57.2 Å². The summed E-state index contributed by atoms with van der Waals surface area (Å²) in [5, 5.41) is 3.03. The molecule has 1 aliphatic heterocycles. The topological polar surface area (TPSA) is 95.2 Å². The first kappa shape index (κ1) is 21.5. The third-order valence-corrected chi connectivity index (χ3v) is 8.01. The summed E-state index contributed by atoms with van der Waals surface area (Å²) in [6.45, 7) is 6.34. The molecule has 2 N–H and O–H groups in total. The van der Waals surface area contributed by atoms with E-state index >= 15 is 0 Å². The normalized spacial score (nSPS) is 17.0. The number of carbonyl (C=O) groups excluding carboxylic acids is 1. The van der Waals surface area contributed by atoms with E-state index in [9.17, 15) is 13.2 Å². The third-order valence-electron chi connectivity index (χ3n) is 5.95. The van der Waals surface area contributed by atoms with E-state index in [0.29, 0.717) is 36.7 Å². The lowest BCUT2D eigenvalue weighted by atomic mass is 9.97. The van der Waals surface area contributed by atoms with Gasteiger partial charge >= 0.3 is 0 Å². The zero-order valence-corrected chi connectivity index (χ0v) is 18.9. The number of hydrogen-bond acceptors (Lipinski definition) is 4. The van der Waals surface area contributed by atoms with Crippen LogP contribution in [-0.4, -0.2) is 41.7 Å². The van der Waals surface area contributed by atoms with Crippen LogP contribution in [0.4, 0.5) is 0 Å². The highest BCUT2D eigenvalue weighted by molar-refractivity contribution is 7.89. The third kappa shape index (κ3) is 4.36. The van der Waals surface area contributed by atoms with Gasteiger partial charge in [0.2, 0.25) is 15.9 Å². The number of nitrogens with one attached hydrogen (secondary N) is 2. The predicted molar refractivity (Wildman–Crippen MR) is 120 cm³/mol. The van der Waals surface area contributed by atoms with Crippen LogP contribution in [0.3, 0.4) is 0 Å². The number of rotatable bonds is 5. The molecule has 0 spiro atoms. The summed E-state index contributed by atoms with van der Waals surface area (Å²) in [5.74, 6) is 0.443. The molecule has 0 aliphatic carbocycles. The highest BCUT2D eigenvalue weighted by Crippen LogP contribution is 2.27. The van der Waals surface area contributed by atoms with Crippen molar-refractivity contribution in [3.63, 3.8) is 0 Å². The van der Waals surface area contributed by atoms with Crippen LogP contribution in [0, 0.1) is 19.8 Å². The van der Waals surface area contributed by atoms with Crippen LogP contribution in [0.15, 0.2) is 47.4 Å². The number of para-hydroxylation sites is 2. The number of piperidine rings is 1. The minimum Gasteiger partial charge on any atom is -0.346 e. The fourth-order valence-electron chi connectivity index (χ4n) is 4.16. The Labute approximate surface area is 182 Å². The van der Waals surface area contributed by atoms with Crippen molar-refractivity contribution in [1.82, 2.24) is 19.6 Å². The van der Waals surface area contributed by atoms with Crippen molar-refractivity contribution >= 4 is 27.0 Å². The molecule has 2 heterocycles. The second kappa shape index (κ2) is 8.43. The molecule has 1 saturated heterocycles. The molecule has 1 aliphatic rings. The highest BCUT2D eigenvalue weighted by Gasteiger charge is 2.33. The first-order valence-electron chi connectivity index (χ1n) is 10.6. The zero-order chi connectivity index (χ0) is 22.2. The Morgan fingerprint density at radius 1 is 1.16 bits per heavy atom. The van der Waals surface area contributed by atoms with Crippen molar-refractivity contribution < 1.29 is 13.2 Å². The van der Waals surface area contributed by atoms with Gasteiger partial charge in [0.05, 0.1) is 22.0 Å². The van der Waals surface area contributed by atoms with Gasteiger partial charge in [0, 0.05) is 19.0 Å². The summed E-state index contributed by atoms with van der Waals surface area (Å²) in [7, 11) is -3.55. The van der Waals surface area contributed by atoms with Gasteiger partial charge in [0.25, 0.3) is 0 Å². The Morgan fingerprint density at radius 2 is 1.87 bits per heavy atom. The number of amides is 1. The Bertz CT molecular complexity index is 1180. The molecule has 164 valence electrons. The van der Waals surface area contributed by atoms with Gasteiger partial charge in [-0.05, 0) is 57.4 Å². The van der Waals surface area contributed by atoms with Gasteiger partial charge in [-0.3, -0.25) is 4.79 Å². The van der Waals surface area contributed by atoms with Crippen LogP contribution < -0.4 is 5.32 Å². The summed E-state index contributed by atoms with van der Waals surface area (Å²) < 4.78 is 27.6. The number of benzene rings is 2. The summed E-state index contributed by atoms with van der Waals surface area (Å²) >= 11 is 0. The molecular weight excluding hydrogens is 412 g/mol. The highest BCUT2D eigenvalue weighted by atomic mass is 32.2. The van der Waals surface area contributed by atoms with Gasteiger partial charge in [-0.1, -0.05) is 29.8 Å². The zero-order valence-electron chi connectivity index (χ0n) is 18.1. The van der Waals surface area contributed by atoms with E-state index in [1.165, 1.54) is 4.31 Å². The van der Waals surface area contributed by atoms with Crippen molar-refractivity contribution in [2.24, 2.45) is 5.92 Å². The largest absolute Gasteiger partial charge is 0.346 e. The summed E-state index contributed by atoms with van der Waals surface area (Å²) in [4.78, 5) is 20.9. The van der Waals surface area contributed by atoms with Crippen LogP contribution in [0.2, 0.25) is 0 Å². The molecule has 1 aromatic heterocycles. The average molecular weight is 441 g/mol. The van der Waals surface area contributed by atoms with E-state index in [0.717, 1.165) is 22.2 Å². The summed E-state index contributed by atoms with van der Waals surface area (Å²) in [5.41, 5.74) is 3.58. The fourth-order valence-corrected chi connectivity index (χ4v) is 5.84. The Morgan fingerprint density at radius 3 is 2.55 bits per heavy atom. The molecule has 1 unspecified atom stereocenters. The number of aryl methyl sites for hydroxylation is 2. The van der Waals surface area contributed by atoms with Crippen LogP contribution in [0.5, 0.6) is 0 Å². The quantitative estimate of drug-likeness (QED) is 0.635. The predicted octanol–water partition coefficient (Wildman–Crippen LogP) is 3.46. The standard InChI is InChI=1S/C23H28N4O3S/c1-15-8-9-21(16(2)14-15)31(29,30)27-12-10-18(11-13-27)23(28)24-17(3)22-25-19-6-4-5-7-20(19)26-22/h4-9,14,17-18H,10-13H2,1-3H3,(H,24,28)(H,25,26). The maximum absolute atomic E-state index is 13.1. The Balaban J connectivity index is 1.38. The minimum absolute atomic E-state index is 0.0588. The van der Waals surface area contributed by atoms with Crippen LogP contribution >= 0.6 is 0 Å². The number of fused-ring (bicyclic) bond motifs is 1. The van der Waals surface area contributed by atoms with Gasteiger partial charge in [0.15, 0.2) is 0 Å². The van der Waals surface area contributed by atoms with Crippen molar-refractivity contribution in [2.45, 2.75) is 44.6 Å². The number of carbonyl (C=O) groups is 1. The summed E-state index contributed by atoms with van der Waals surface area (Å²) in [6, 6.07) is 12.9. The SMILES string of the molecule is Cc1ccc(S(=O)(=O)N2CCC(C(=O)NC(C)c3nc4ccccc4[nH]3)CC2)c(C)c1. The molecular formula is C23H28N4O3S. The molecule has 0 saturated carbocycles. The van der Waals surface area contributed by atoms with Gasteiger partial charge in [-0.25, -0.2) is 13.4 Å². The lowest BCUT2D eigenvalue weighted by Crippen LogP contribution is -2.43. The van der Waals surface area contributed by atoms with Crippen molar-refractivity contribution in [1.29, 1.82) is 0 Å². The fraction of sp³-hybridized carbons (Fsp3) is 0.391. The number of H-pyrrole nitrogens is 1. The molecule has 0 bridgehead atoms. The summed E-state index contributed by atoms with van der Waals surface area (Å²) in [6.07, 6.45) is 1.01. The second-order valence-corrected chi connectivity index (χ2v) is 10.2. The van der Waals surface area contributed by atoms with Crippen LogP contribution in [0.25, 0.3) is 11.0 Å². The second-order valence-electron chi connectivity index (χ2n) is 8.32. The first-order valence-corrected chi connectivity index (χ1v) is 12.0. The number of nitrogens with zero attached hydrogens (tertiary/aromatic N) is 2. The lowest BCUT2D eigenvalue weighted by molar-refractivity contribution is -0.126. The number of aromatic nitrogens is 2.